The van der Waals surface area contributed by atoms with Crippen molar-refractivity contribution in [2.45, 2.75) is 13.0 Å². The molecule has 176 valence electrons. The van der Waals surface area contributed by atoms with Gasteiger partial charge >= 0.3 is 0 Å². The number of benzene rings is 3. The van der Waals surface area contributed by atoms with Gasteiger partial charge in [0, 0.05) is 11.5 Å². The molecule has 0 aliphatic carbocycles. The topological polar surface area (TPSA) is 94.2 Å². The summed E-state index contributed by atoms with van der Waals surface area (Å²) in [6.07, 6.45) is 1.04. The zero-order chi connectivity index (χ0) is 24.0. The van der Waals surface area contributed by atoms with Gasteiger partial charge in [0.25, 0.3) is 0 Å². The van der Waals surface area contributed by atoms with Crippen LogP contribution in [0.15, 0.2) is 60.7 Å². The van der Waals surface area contributed by atoms with Gasteiger partial charge in [0.05, 0.1) is 32.7 Å². The Kier molecular flexibility index (Phi) is 7.65. The van der Waals surface area contributed by atoms with E-state index in [0.29, 0.717) is 17.2 Å². The molecule has 0 heterocycles. The van der Waals surface area contributed by atoms with E-state index in [4.69, 9.17) is 14.2 Å². The minimum atomic E-state index is -3.81. The Morgan fingerprint density at radius 1 is 1.00 bits per heavy atom. The molecule has 0 aliphatic heterocycles. The number of anilines is 1. The minimum Gasteiger partial charge on any atom is -0.497 e. The first-order valence-corrected chi connectivity index (χ1v) is 12.2. The van der Waals surface area contributed by atoms with Crippen molar-refractivity contribution >= 4 is 32.4 Å². The molecule has 3 aromatic carbocycles. The van der Waals surface area contributed by atoms with Crippen molar-refractivity contribution in [2.24, 2.45) is 0 Å². The molecule has 0 aliphatic rings. The van der Waals surface area contributed by atoms with E-state index in [9.17, 15) is 13.2 Å². The number of ether oxygens (including phenoxy) is 3. The summed E-state index contributed by atoms with van der Waals surface area (Å²) in [6.45, 7) is 1.95. The van der Waals surface area contributed by atoms with Crippen molar-refractivity contribution < 1.29 is 27.4 Å². The molecule has 1 unspecified atom stereocenters. The lowest BCUT2D eigenvalue weighted by molar-refractivity contribution is -0.121. The molecule has 8 nitrogen and oxygen atoms in total. The maximum Gasteiger partial charge on any atom is 0.243 e. The van der Waals surface area contributed by atoms with E-state index < -0.39 is 22.0 Å². The molecular weight excluding hydrogens is 444 g/mol. The fourth-order valence-corrected chi connectivity index (χ4v) is 4.72. The summed E-state index contributed by atoms with van der Waals surface area (Å²) in [5.41, 5.74) is 0.217. The van der Waals surface area contributed by atoms with Crippen molar-refractivity contribution in [3.63, 3.8) is 0 Å². The Balaban J connectivity index is 1.70. The number of rotatable bonds is 10. The van der Waals surface area contributed by atoms with Crippen LogP contribution in [0.4, 0.5) is 5.69 Å². The Hall–Kier alpha value is -3.46. The van der Waals surface area contributed by atoms with Gasteiger partial charge in [0.15, 0.2) is 0 Å². The summed E-state index contributed by atoms with van der Waals surface area (Å²) in [4.78, 5) is 12.8. The average Bonchev–Trinajstić information content (AvgIpc) is 2.80. The second-order valence-electron chi connectivity index (χ2n) is 7.39. The predicted octanol–water partition coefficient (Wildman–Crippen LogP) is 3.21. The van der Waals surface area contributed by atoms with E-state index in [1.165, 1.54) is 27.2 Å². The van der Waals surface area contributed by atoms with Crippen LogP contribution in [-0.2, 0) is 14.8 Å². The smallest absolute Gasteiger partial charge is 0.243 e. The second kappa shape index (κ2) is 10.4. The third-order valence-electron chi connectivity index (χ3n) is 5.12. The molecule has 1 amide bonds. The van der Waals surface area contributed by atoms with Gasteiger partial charge < -0.3 is 19.5 Å². The quantitative estimate of drug-likeness (QED) is 0.456. The number of hydrogen-bond donors (Lipinski definition) is 1. The fourth-order valence-electron chi connectivity index (χ4n) is 3.55. The number of hydrogen-bond acceptors (Lipinski definition) is 6. The third-order valence-corrected chi connectivity index (χ3v) is 6.35. The lowest BCUT2D eigenvalue weighted by Gasteiger charge is -2.29. The van der Waals surface area contributed by atoms with Crippen LogP contribution in [0, 0.1) is 0 Å². The van der Waals surface area contributed by atoms with Crippen molar-refractivity contribution in [1.82, 2.24) is 5.32 Å². The number of fused-ring (bicyclic) bond motifs is 1. The molecule has 0 saturated heterocycles. The van der Waals surface area contributed by atoms with Crippen molar-refractivity contribution in [3.8, 4) is 17.2 Å². The molecule has 3 aromatic rings. The van der Waals surface area contributed by atoms with E-state index in [1.807, 2.05) is 42.5 Å². The van der Waals surface area contributed by atoms with Gasteiger partial charge in [-0.2, -0.15) is 0 Å². The van der Waals surface area contributed by atoms with E-state index >= 15 is 0 Å². The first kappa shape index (κ1) is 24.2. The second-order valence-corrected chi connectivity index (χ2v) is 9.25. The number of carbonyl (C=O) groups is 1. The van der Waals surface area contributed by atoms with E-state index in [2.05, 4.69) is 5.32 Å². The maximum atomic E-state index is 12.8. The van der Waals surface area contributed by atoms with Crippen LogP contribution in [0.3, 0.4) is 0 Å². The van der Waals surface area contributed by atoms with Gasteiger partial charge in [-0.3, -0.25) is 9.10 Å². The molecule has 1 atom stereocenters. The highest BCUT2D eigenvalue weighted by molar-refractivity contribution is 7.92. The van der Waals surface area contributed by atoms with E-state index in [1.54, 1.807) is 12.1 Å². The van der Waals surface area contributed by atoms with Crippen LogP contribution < -0.4 is 23.8 Å². The molecule has 3 rings (SSSR count). The van der Waals surface area contributed by atoms with Crippen LogP contribution in [0.25, 0.3) is 10.8 Å². The lowest BCUT2D eigenvalue weighted by Crippen LogP contribution is -2.48. The highest BCUT2D eigenvalue weighted by Crippen LogP contribution is 2.35. The zero-order valence-corrected chi connectivity index (χ0v) is 19.9. The zero-order valence-electron chi connectivity index (χ0n) is 19.1. The maximum absolute atomic E-state index is 12.8. The molecule has 0 radical (unpaired) electrons. The summed E-state index contributed by atoms with van der Waals surface area (Å²) >= 11 is 0. The molecule has 0 spiro atoms. The van der Waals surface area contributed by atoms with Crippen molar-refractivity contribution in [3.05, 3.63) is 60.7 Å². The summed E-state index contributed by atoms with van der Waals surface area (Å²) in [6, 6.07) is 17.4. The van der Waals surface area contributed by atoms with Crippen LogP contribution >= 0.6 is 0 Å². The van der Waals surface area contributed by atoms with E-state index in [0.717, 1.165) is 21.3 Å². The largest absolute Gasteiger partial charge is 0.497 e. The van der Waals surface area contributed by atoms with Crippen LogP contribution in [0.2, 0.25) is 0 Å². The summed E-state index contributed by atoms with van der Waals surface area (Å²) in [5.74, 6) is 0.997. The van der Waals surface area contributed by atoms with E-state index in [-0.39, 0.29) is 18.8 Å². The Labute approximate surface area is 194 Å². The van der Waals surface area contributed by atoms with Crippen molar-refractivity contribution in [2.75, 3.05) is 37.9 Å². The van der Waals surface area contributed by atoms with Crippen molar-refractivity contribution in [1.29, 1.82) is 0 Å². The van der Waals surface area contributed by atoms with Gasteiger partial charge in [-0.1, -0.05) is 36.4 Å². The van der Waals surface area contributed by atoms with Gasteiger partial charge in [0.2, 0.25) is 15.9 Å². The normalized spacial score (nSPS) is 12.1. The third kappa shape index (κ3) is 5.67. The number of carbonyl (C=O) groups excluding carboxylic acids is 1. The van der Waals surface area contributed by atoms with Gasteiger partial charge in [-0.05, 0) is 30.5 Å². The predicted molar refractivity (Wildman–Crippen MR) is 129 cm³/mol. The summed E-state index contributed by atoms with van der Waals surface area (Å²) in [5, 5.41) is 4.79. The molecule has 9 heteroatoms. The number of sulfonamides is 1. The first-order chi connectivity index (χ1) is 15.8. The monoisotopic (exact) mass is 472 g/mol. The molecule has 0 saturated carbocycles. The molecular formula is C24H28N2O6S. The van der Waals surface area contributed by atoms with Crippen LogP contribution in [0.5, 0.6) is 17.2 Å². The fraction of sp³-hybridized carbons (Fsp3) is 0.292. The standard InChI is InChI=1S/C24H28N2O6S/c1-17(26(33(4,28)29)21-16-19(30-2)12-13-23(21)31-3)24(27)25-14-15-32-22-11-7-9-18-8-5-6-10-20(18)22/h5-13,16-17H,14-15H2,1-4H3,(H,25,27). The summed E-state index contributed by atoms with van der Waals surface area (Å²) in [7, 11) is -0.906. The van der Waals surface area contributed by atoms with Gasteiger partial charge in [-0.25, -0.2) is 8.42 Å². The number of methoxy groups -OCH3 is 2. The molecule has 0 bridgehead atoms. The van der Waals surface area contributed by atoms with Crippen LogP contribution in [-0.4, -0.2) is 54.0 Å². The number of nitrogens with one attached hydrogen (secondary N) is 1. The highest BCUT2D eigenvalue weighted by Gasteiger charge is 2.31. The first-order valence-electron chi connectivity index (χ1n) is 10.4. The Morgan fingerprint density at radius 2 is 1.73 bits per heavy atom. The lowest BCUT2D eigenvalue weighted by atomic mass is 10.1. The molecule has 33 heavy (non-hydrogen) atoms. The number of amides is 1. The molecule has 0 fully saturated rings. The Morgan fingerprint density at radius 3 is 2.42 bits per heavy atom. The average molecular weight is 473 g/mol. The SMILES string of the molecule is COc1ccc(OC)c(N(C(C)C(=O)NCCOc2cccc3ccccc23)S(C)(=O)=O)c1. The molecule has 1 N–H and O–H groups in total. The Bertz CT molecular complexity index is 1220. The summed E-state index contributed by atoms with van der Waals surface area (Å²) < 4.78 is 42.6. The highest BCUT2D eigenvalue weighted by atomic mass is 32.2. The van der Waals surface area contributed by atoms with Gasteiger partial charge in [0.1, 0.15) is 29.9 Å². The van der Waals surface area contributed by atoms with Gasteiger partial charge in [-0.15, -0.1) is 0 Å². The minimum absolute atomic E-state index is 0.208. The molecule has 0 aromatic heterocycles. The number of nitrogens with zero attached hydrogens (tertiary/aromatic N) is 1. The van der Waals surface area contributed by atoms with Crippen LogP contribution in [0.1, 0.15) is 6.92 Å².